The van der Waals surface area contributed by atoms with Crippen LogP contribution >= 0.6 is 23.2 Å². The van der Waals surface area contributed by atoms with Crippen molar-refractivity contribution in [1.82, 2.24) is 10.2 Å². The lowest BCUT2D eigenvalue weighted by atomic mass is 10.0. The van der Waals surface area contributed by atoms with E-state index < -0.39 is 16.1 Å². The number of carbonyl (C=O) groups excluding carboxylic acids is 2. The highest BCUT2D eigenvalue weighted by molar-refractivity contribution is 7.92. The van der Waals surface area contributed by atoms with Crippen LogP contribution < -0.4 is 9.62 Å². The fourth-order valence-electron chi connectivity index (χ4n) is 4.84. The van der Waals surface area contributed by atoms with Crippen molar-refractivity contribution >= 4 is 50.7 Å². The summed E-state index contributed by atoms with van der Waals surface area (Å²) in [4.78, 5) is 29.3. The van der Waals surface area contributed by atoms with Crippen LogP contribution in [0.3, 0.4) is 0 Å². The van der Waals surface area contributed by atoms with Crippen LogP contribution in [0.4, 0.5) is 5.69 Å². The molecule has 0 fully saturated rings. The predicted molar refractivity (Wildman–Crippen MR) is 176 cm³/mol. The molecule has 7 nitrogen and oxygen atoms in total. The lowest BCUT2D eigenvalue weighted by molar-refractivity contribution is -0.141. The quantitative estimate of drug-likeness (QED) is 0.211. The standard InChI is InChI=1S/C33H41Cl2N3O4S/c1-6-24(3)36-33(40)31(21-26-14-8-7-9-15-26)37(22-27-28(34)16-11-17-29(27)35)32(39)19-12-20-38(43(5,41)42)30-18-10-13-23(2)25(30)4/h7-11,13-18,24,31H,6,12,19-22H2,1-5H3,(H,36,40)/t24-,31-/m0/s1. The number of halogens is 2. The highest BCUT2D eigenvalue weighted by atomic mass is 35.5. The fraction of sp³-hybridized carbons (Fsp3) is 0.394. The maximum Gasteiger partial charge on any atom is 0.243 e. The van der Waals surface area contributed by atoms with Gasteiger partial charge in [0.2, 0.25) is 21.8 Å². The number of nitrogens with one attached hydrogen (secondary N) is 1. The van der Waals surface area contributed by atoms with Crippen LogP contribution in [-0.4, -0.2) is 50.0 Å². The maximum absolute atomic E-state index is 14.0. The van der Waals surface area contributed by atoms with E-state index in [1.165, 1.54) is 9.21 Å². The molecule has 0 aromatic heterocycles. The van der Waals surface area contributed by atoms with E-state index in [0.29, 0.717) is 21.3 Å². The second-order valence-electron chi connectivity index (χ2n) is 10.9. The minimum atomic E-state index is -3.61. The molecule has 3 aromatic rings. The second kappa shape index (κ2) is 15.6. The highest BCUT2D eigenvalue weighted by Gasteiger charge is 2.32. The number of sulfonamides is 1. The molecule has 0 aliphatic rings. The number of hydrogen-bond acceptors (Lipinski definition) is 4. The van der Waals surface area contributed by atoms with Crippen molar-refractivity contribution in [2.24, 2.45) is 0 Å². The summed E-state index contributed by atoms with van der Waals surface area (Å²) in [6.07, 6.45) is 2.44. The third kappa shape index (κ3) is 9.46. The number of aryl methyl sites for hydroxylation is 1. The molecule has 0 aliphatic carbocycles. The second-order valence-corrected chi connectivity index (χ2v) is 13.6. The average molecular weight is 647 g/mol. The van der Waals surface area contributed by atoms with E-state index in [1.54, 1.807) is 24.3 Å². The number of amides is 2. The first kappa shape index (κ1) is 34.4. The Hall–Kier alpha value is -3.07. The van der Waals surface area contributed by atoms with Crippen LogP contribution in [0.1, 0.15) is 55.4 Å². The molecule has 0 heterocycles. The number of benzene rings is 3. The predicted octanol–water partition coefficient (Wildman–Crippen LogP) is 6.71. The topological polar surface area (TPSA) is 86.8 Å². The molecule has 3 aromatic carbocycles. The summed E-state index contributed by atoms with van der Waals surface area (Å²) in [5.41, 5.74) is 3.86. The number of anilines is 1. The van der Waals surface area contributed by atoms with Crippen LogP contribution in [0.2, 0.25) is 10.0 Å². The molecule has 2 atom stereocenters. The summed E-state index contributed by atoms with van der Waals surface area (Å²) < 4.78 is 26.9. The SMILES string of the molecule is CC[C@H](C)NC(=O)[C@H](Cc1ccccc1)N(Cc1c(Cl)cccc1Cl)C(=O)CCCN(c1cccc(C)c1C)S(C)(=O)=O. The summed E-state index contributed by atoms with van der Waals surface area (Å²) >= 11 is 13.0. The zero-order chi connectivity index (χ0) is 31.7. The van der Waals surface area contributed by atoms with Gasteiger partial charge in [0.15, 0.2) is 0 Å². The van der Waals surface area contributed by atoms with Crippen LogP contribution in [0.15, 0.2) is 66.7 Å². The first-order chi connectivity index (χ1) is 20.3. The van der Waals surface area contributed by atoms with Gasteiger partial charge in [-0.1, -0.05) is 78.7 Å². The molecule has 0 spiro atoms. The minimum absolute atomic E-state index is 0.0147. The molecule has 10 heteroatoms. The van der Waals surface area contributed by atoms with E-state index in [2.05, 4.69) is 5.32 Å². The van der Waals surface area contributed by atoms with E-state index in [9.17, 15) is 18.0 Å². The van der Waals surface area contributed by atoms with Gasteiger partial charge in [0, 0.05) is 47.6 Å². The van der Waals surface area contributed by atoms with Crippen molar-refractivity contribution in [3.8, 4) is 0 Å². The molecular formula is C33H41Cl2N3O4S. The molecule has 3 rings (SSSR count). The summed E-state index contributed by atoms with van der Waals surface area (Å²) in [5.74, 6) is -0.575. The molecule has 0 radical (unpaired) electrons. The van der Waals surface area contributed by atoms with Gasteiger partial charge in [-0.25, -0.2) is 8.42 Å². The molecule has 1 N–H and O–H groups in total. The van der Waals surface area contributed by atoms with Crippen molar-refractivity contribution in [3.63, 3.8) is 0 Å². The lowest BCUT2D eigenvalue weighted by Gasteiger charge is -2.33. The minimum Gasteiger partial charge on any atom is -0.352 e. The Balaban J connectivity index is 1.95. The lowest BCUT2D eigenvalue weighted by Crippen LogP contribution is -2.52. The van der Waals surface area contributed by atoms with E-state index >= 15 is 0 Å². The van der Waals surface area contributed by atoms with E-state index in [4.69, 9.17) is 23.2 Å². The highest BCUT2D eigenvalue weighted by Crippen LogP contribution is 2.29. The zero-order valence-corrected chi connectivity index (χ0v) is 27.8. The van der Waals surface area contributed by atoms with Crippen molar-refractivity contribution in [1.29, 1.82) is 0 Å². The van der Waals surface area contributed by atoms with E-state index in [1.807, 2.05) is 70.2 Å². The van der Waals surface area contributed by atoms with Crippen molar-refractivity contribution in [3.05, 3.63) is 99.0 Å². The largest absolute Gasteiger partial charge is 0.352 e. The first-order valence-electron chi connectivity index (χ1n) is 14.4. The number of hydrogen-bond donors (Lipinski definition) is 1. The van der Waals surface area contributed by atoms with Gasteiger partial charge in [-0.15, -0.1) is 0 Å². The van der Waals surface area contributed by atoms with Gasteiger partial charge in [0.05, 0.1) is 11.9 Å². The molecule has 43 heavy (non-hydrogen) atoms. The maximum atomic E-state index is 14.0. The van der Waals surface area contributed by atoms with Gasteiger partial charge in [0.1, 0.15) is 6.04 Å². The van der Waals surface area contributed by atoms with Crippen molar-refractivity contribution < 1.29 is 18.0 Å². The summed E-state index contributed by atoms with van der Waals surface area (Å²) in [6.45, 7) is 7.84. The fourth-order valence-corrected chi connectivity index (χ4v) is 6.37. The third-order valence-corrected chi connectivity index (χ3v) is 9.55. The van der Waals surface area contributed by atoms with Crippen LogP contribution in [-0.2, 0) is 32.6 Å². The monoisotopic (exact) mass is 645 g/mol. The molecule has 0 saturated heterocycles. The average Bonchev–Trinajstić information content (AvgIpc) is 2.95. The Morgan fingerprint density at radius 1 is 0.930 bits per heavy atom. The molecule has 232 valence electrons. The van der Waals surface area contributed by atoms with Gasteiger partial charge in [-0.3, -0.25) is 13.9 Å². The Morgan fingerprint density at radius 2 is 1.56 bits per heavy atom. The Bertz CT molecular complexity index is 1500. The number of nitrogens with zero attached hydrogens (tertiary/aromatic N) is 2. The number of rotatable bonds is 14. The summed E-state index contributed by atoms with van der Waals surface area (Å²) in [7, 11) is -3.61. The van der Waals surface area contributed by atoms with Gasteiger partial charge in [-0.2, -0.15) is 0 Å². The Morgan fingerprint density at radius 3 is 2.16 bits per heavy atom. The van der Waals surface area contributed by atoms with Crippen LogP contribution in [0.5, 0.6) is 0 Å². The Kier molecular flexibility index (Phi) is 12.5. The normalized spacial score (nSPS) is 12.8. The summed E-state index contributed by atoms with van der Waals surface area (Å²) in [6, 6.07) is 19.2. The van der Waals surface area contributed by atoms with Gasteiger partial charge < -0.3 is 10.2 Å². The van der Waals surface area contributed by atoms with E-state index in [0.717, 1.165) is 29.4 Å². The van der Waals surface area contributed by atoms with Crippen molar-refractivity contribution in [2.75, 3.05) is 17.1 Å². The molecule has 2 amide bonds. The van der Waals surface area contributed by atoms with Crippen LogP contribution in [0, 0.1) is 13.8 Å². The molecule has 0 bridgehead atoms. The Labute approximate surface area is 266 Å². The smallest absolute Gasteiger partial charge is 0.243 e. The third-order valence-electron chi connectivity index (χ3n) is 7.66. The van der Waals surface area contributed by atoms with Gasteiger partial charge in [-0.05, 0) is 68.5 Å². The summed E-state index contributed by atoms with van der Waals surface area (Å²) in [5, 5.41) is 3.83. The molecule has 0 saturated carbocycles. The van der Waals surface area contributed by atoms with Crippen molar-refractivity contribution in [2.45, 2.75) is 72.0 Å². The van der Waals surface area contributed by atoms with E-state index in [-0.39, 0.29) is 50.2 Å². The van der Waals surface area contributed by atoms with Gasteiger partial charge >= 0.3 is 0 Å². The molecule has 0 aliphatic heterocycles. The van der Waals surface area contributed by atoms with Crippen LogP contribution in [0.25, 0.3) is 0 Å². The zero-order valence-electron chi connectivity index (χ0n) is 25.4. The first-order valence-corrected chi connectivity index (χ1v) is 17.0. The van der Waals surface area contributed by atoms with Gasteiger partial charge in [0.25, 0.3) is 0 Å². The molecule has 0 unspecified atom stereocenters. The number of carbonyl (C=O) groups is 2. The molecular weight excluding hydrogens is 605 g/mol.